The maximum Gasteiger partial charge on any atom is 0.341 e. The number of hydrogen-bond donors (Lipinski definition) is 2. The molecule has 0 spiro atoms. The van der Waals surface area contributed by atoms with Gasteiger partial charge in [-0.2, -0.15) is 5.10 Å². The van der Waals surface area contributed by atoms with Crippen LogP contribution < -0.4 is 10.6 Å². The summed E-state index contributed by atoms with van der Waals surface area (Å²) in [6.45, 7) is 2.62. The third-order valence-corrected chi connectivity index (χ3v) is 5.22. The summed E-state index contributed by atoms with van der Waals surface area (Å²) in [6, 6.07) is 13.9. The number of benzene rings is 1. The lowest BCUT2D eigenvalue weighted by atomic mass is 10.1. The average molecular weight is 415 g/mol. The lowest BCUT2D eigenvalue weighted by Crippen LogP contribution is -2.28. The van der Waals surface area contributed by atoms with Crippen molar-refractivity contribution in [2.75, 3.05) is 11.9 Å². The number of carbonyl (C=O) groups excluding carboxylic acids is 1. The molecule has 2 N–H and O–H groups in total. The number of carbonyl (C=O) groups is 1. The van der Waals surface area contributed by atoms with Gasteiger partial charge in [-0.3, -0.25) is 4.68 Å². The minimum atomic E-state index is -0.354. The van der Waals surface area contributed by atoms with Crippen LogP contribution in [-0.4, -0.2) is 27.5 Å². The molecule has 0 aliphatic heterocycles. The maximum absolute atomic E-state index is 12.4. The predicted molar refractivity (Wildman–Crippen MR) is 116 cm³/mol. The monoisotopic (exact) mass is 414 g/mol. The van der Waals surface area contributed by atoms with Crippen LogP contribution in [0.25, 0.3) is 0 Å². The van der Waals surface area contributed by atoms with Crippen LogP contribution in [0.4, 0.5) is 5.00 Å². The van der Waals surface area contributed by atoms with E-state index < -0.39 is 0 Å². The molecule has 0 aliphatic carbocycles. The van der Waals surface area contributed by atoms with Crippen molar-refractivity contribution in [1.82, 2.24) is 15.1 Å². The molecule has 0 bridgehead atoms. The minimum Gasteiger partial charge on any atom is -0.462 e. The fraction of sp³-hybridized carbons (Fsp3) is 0.250. The summed E-state index contributed by atoms with van der Waals surface area (Å²) >= 11 is 6.89. The Balaban J connectivity index is 1.71. The van der Waals surface area contributed by atoms with E-state index in [2.05, 4.69) is 27.9 Å². The largest absolute Gasteiger partial charge is 0.462 e. The molecular weight excluding hydrogens is 392 g/mol. The van der Waals surface area contributed by atoms with Gasteiger partial charge in [0.05, 0.1) is 24.4 Å². The van der Waals surface area contributed by atoms with Gasteiger partial charge in [0.15, 0.2) is 5.11 Å². The summed E-state index contributed by atoms with van der Waals surface area (Å²) in [6.07, 6.45) is 2.62. The number of nitrogens with one attached hydrogen (secondary N) is 2. The number of esters is 1. The SMILES string of the molecule is CCOC(=O)c1cc(Cc2ccccc2)sc1NC(=S)NCc1ccn(C)n1. The van der Waals surface area contributed by atoms with E-state index in [4.69, 9.17) is 17.0 Å². The zero-order chi connectivity index (χ0) is 19.9. The van der Waals surface area contributed by atoms with Crippen LogP contribution in [0.15, 0.2) is 48.7 Å². The topological polar surface area (TPSA) is 68.2 Å². The second kappa shape index (κ2) is 9.48. The van der Waals surface area contributed by atoms with Crippen molar-refractivity contribution in [1.29, 1.82) is 0 Å². The van der Waals surface area contributed by atoms with Crippen LogP contribution in [0.5, 0.6) is 0 Å². The Bertz CT molecular complexity index is 950. The molecule has 0 atom stereocenters. The molecule has 0 fully saturated rings. The number of anilines is 1. The summed E-state index contributed by atoms with van der Waals surface area (Å²) in [7, 11) is 1.87. The highest BCUT2D eigenvalue weighted by Gasteiger charge is 2.18. The van der Waals surface area contributed by atoms with E-state index in [0.717, 1.165) is 17.0 Å². The molecule has 2 aromatic heterocycles. The summed E-state index contributed by atoms with van der Waals surface area (Å²) in [4.78, 5) is 13.4. The van der Waals surface area contributed by atoms with Crippen LogP contribution in [0, 0.1) is 0 Å². The van der Waals surface area contributed by atoms with Crippen molar-refractivity contribution < 1.29 is 9.53 Å². The van der Waals surface area contributed by atoms with Gasteiger partial charge in [-0.15, -0.1) is 11.3 Å². The molecule has 0 aliphatic rings. The number of rotatable bonds is 7. The highest BCUT2D eigenvalue weighted by Crippen LogP contribution is 2.30. The van der Waals surface area contributed by atoms with Crippen LogP contribution in [-0.2, 0) is 24.8 Å². The zero-order valence-corrected chi connectivity index (χ0v) is 17.4. The molecule has 0 unspecified atom stereocenters. The van der Waals surface area contributed by atoms with Crippen molar-refractivity contribution in [3.8, 4) is 0 Å². The molecule has 0 saturated heterocycles. The van der Waals surface area contributed by atoms with Gasteiger partial charge < -0.3 is 15.4 Å². The van der Waals surface area contributed by atoms with Crippen LogP contribution >= 0.6 is 23.6 Å². The summed E-state index contributed by atoms with van der Waals surface area (Å²) in [5.74, 6) is -0.354. The quantitative estimate of drug-likeness (QED) is 0.454. The summed E-state index contributed by atoms with van der Waals surface area (Å²) in [5.41, 5.74) is 2.56. The predicted octanol–water partition coefficient (Wildman–Crippen LogP) is 3.74. The average Bonchev–Trinajstić information content (AvgIpc) is 3.27. The van der Waals surface area contributed by atoms with Gasteiger partial charge in [-0.25, -0.2) is 4.79 Å². The van der Waals surface area contributed by atoms with Gasteiger partial charge in [0.25, 0.3) is 0 Å². The molecule has 6 nitrogen and oxygen atoms in total. The maximum atomic E-state index is 12.4. The fourth-order valence-electron chi connectivity index (χ4n) is 2.66. The Kier molecular flexibility index (Phi) is 6.78. The van der Waals surface area contributed by atoms with Crippen LogP contribution in [0.3, 0.4) is 0 Å². The molecule has 1 aromatic carbocycles. The second-order valence-electron chi connectivity index (χ2n) is 6.13. The Morgan fingerprint density at radius 3 is 2.75 bits per heavy atom. The van der Waals surface area contributed by atoms with Gasteiger partial charge in [0.1, 0.15) is 5.00 Å². The van der Waals surface area contributed by atoms with Gasteiger partial charge in [-0.1, -0.05) is 30.3 Å². The summed E-state index contributed by atoms with van der Waals surface area (Å²) in [5, 5.41) is 11.7. The lowest BCUT2D eigenvalue weighted by molar-refractivity contribution is 0.0528. The Morgan fingerprint density at radius 1 is 1.29 bits per heavy atom. The number of hydrogen-bond acceptors (Lipinski definition) is 5. The first-order valence-corrected chi connectivity index (χ1v) is 10.1. The number of aryl methyl sites for hydroxylation is 1. The van der Waals surface area contributed by atoms with E-state index in [0.29, 0.717) is 28.8 Å². The Labute approximate surface area is 173 Å². The molecule has 2 heterocycles. The zero-order valence-electron chi connectivity index (χ0n) is 15.8. The van der Waals surface area contributed by atoms with E-state index in [-0.39, 0.29) is 5.97 Å². The van der Waals surface area contributed by atoms with Gasteiger partial charge in [-0.05, 0) is 36.8 Å². The van der Waals surface area contributed by atoms with E-state index in [1.54, 1.807) is 11.6 Å². The van der Waals surface area contributed by atoms with Crippen LogP contribution in [0.1, 0.15) is 33.4 Å². The standard InChI is InChI=1S/C20H22N4O2S2/c1-3-26-19(25)17-12-16(11-14-7-5-4-6-8-14)28-18(17)22-20(27)21-13-15-9-10-24(2)23-15/h4-10,12H,3,11,13H2,1-2H3,(H2,21,22,27). The molecule has 0 amide bonds. The first-order chi connectivity index (χ1) is 13.5. The number of thiophene rings is 1. The van der Waals surface area contributed by atoms with Crippen LogP contribution in [0.2, 0.25) is 0 Å². The molecule has 8 heteroatoms. The first-order valence-electron chi connectivity index (χ1n) is 8.92. The molecule has 0 radical (unpaired) electrons. The number of ether oxygens (including phenoxy) is 1. The summed E-state index contributed by atoms with van der Waals surface area (Å²) < 4.78 is 6.93. The van der Waals surface area contributed by atoms with E-state index in [1.807, 2.05) is 43.6 Å². The molecule has 3 rings (SSSR count). The fourth-order valence-corrected chi connectivity index (χ4v) is 3.98. The minimum absolute atomic E-state index is 0.324. The second-order valence-corrected chi connectivity index (χ2v) is 7.67. The highest BCUT2D eigenvalue weighted by molar-refractivity contribution is 7.80. The Hall–Kier alpha value is -2.71. The van der Waals surface area contributed by atoms with Crippen molar-refractivity contribution in [2.24, 2.45) is 7.05 Å². The third-order valence-electron chi connectivity index (χ3n) is 3.93. The van der Waals surface area contributed by atoms with Gasteiger partial charge in [0, 0.05) is 24.5 Å². The van der Waals surface area contributed by atoms with E-state index in [9.17, 15) is 4.79 Å². The molecular formula is C20H22N4O2S2. The normalized spacial score (nSPS) is 10.5. The highest BCUT2D eigenvalue weighted by atomic mass is 32.1. The van der Waals surface area contributed by atoms with E-state index in [1.165, 1.54) is 16.9 Å². The number of thiocarbonyl (C=S) groups is 1. The van der Waals surface area contributed by atoms with E-state index >= 15 is 0 Å². The van der Waals surface area contributed by atoms with Crippen molar-refractivity contribution in [3.05, 3.63) is 70.4 Å². The third kappa shape index (κ3) is 5.40. The van der Waals surface area contributed by atoms with Gasteiger partial charge in [0.2, 0.25) is 0 Å². The van der Waals surface area contributed by atoms with Crippen molar-refractivity contribution >= 4 is 39.6 Å². The van der Waals surface area contributed by atoms with Crippen molar-refractivity contribution in [2.45, 2.75) is 19.9 Å². The molecule has 0 saturated carbocycles. The molecule has 146 valence electrons. The Morgan fingerprint density at radius 2 is 2.07 bits per heavy atom. The molecule has 28 heavy (non-hydrogen) atoms. The number of aromatic nitrogens is 2. The molecule has 3 aromatic rings. The van der Waals surface area contributed by atoms with Gasteiger partial charge >= 0.3 is 5.97 Å². The first kappa shape index (κ1) is 20.0. The lowest BCUT2D eigenvalue weighted by Gasteiger charge is -2.09. The van der Waals surface area contributed by atoms with Crippen molar-refractivity contribution in [3.63, 3.8) is 0 Å². The smallest absolute Gasteiger partial charge is 0.341 e. The number of nitrogens with zero attached hydrogens (tertiary/aromatic N) is 2.